The third-order valence-electron chi connectivity index (χ3n) is 0.868. The van der Waals surface area contributed by atoms with Gasteiger partial charge in [0.2, 0.25) is 5.91 Å². The maximum absolute atomic E-state index is 10.4. The lowest BCUT2D eigenvalue weighted by molar-refractivity contribution is -0.119. The van der Waals surface area contributed by atoms with Gasteiger partial charge in [-0.3, -0.25) is 4.79 Å². The molecule has 0 fully saturated rings. The van der Waals surface area contributed by atoms with E-state index in [1.54, 1.807) is 0 Å². The Bertz CT molecular complexity index is 103. The SMILES string of the molecule is CC.CC.CC(=O)NCC(C)(C)C. The van der Waals surface area contributed by atoms with E-state index in [0.29, 0.717) is 0 Å². The van der Waals surface area contributed by atoms with E-state index in [0.717, 1.165) is 6.54 Å². The van der Waals surface area contributed by atoms with Crippen LogP contribution in [0.5, 0.6) is 0 Å². The molecule has 0 heterocycles. The van der Waals surface area contributed by atoms with Crippen LogP contribution in [-0.2, 0) is 4.79 Å². The highest BCUT2D eigenvalue weighted by molar-refractivity contribution is 5.72. The van der Waals surface area contributed by atoms with Gasteiger partial charge in [0.25, 0.3) is 0 Å². The Hall–Kier alpha value is -0.530. The summed E-state index contributed by atoms with van der Waals surface area (Å²) in [4.78, 5) is 10.4. The third-order valence-corrected chi connectivity index (χ3v) is 0.868. The quantitative estimate of drug-likeness (QED) is 0.674. The van der Waals surface area contributed by atoms with E-state index in [-0.39, 0.29) is 11.3 Å². The topological polar surface area (TPSA) is 29.1 Å². The van der Waals surface area contributed by atoms with Crippen molar-refractivity contribution in [2.45, 2.75) is 55.4 Å². The highest BCUT2D eigenvalue weighted by Gasteiger charge is 2.09. The van der Waals surface area contributed by atoms with Gasteiger partial charge in [0.05, 0.1) is 0 Å². The molecule has 0 aromatic carbocycles. The predicted molar refractivity (Wildman–Crippen MR) is 60.8 cm³/mol. The van der Waals surface area contributed by atoms with Crippen molar-refractivity contribution in [3.8, 4) is 0 Å². The average Bonchev–Trinajstić information content (AvgIpc) is 2.07. The second-order valence-corrected chi connectivity index (χ2v) is 3.47. The van der Waals surface area contributed by atoms with E-state index < -0.39 is 0 Å². The van der Waals surface area contributed by atoms with Gasteiger partial charge in [0, 0.05) is 13.5 Å². The second kappa shape index (κ2) is 11.5. The summed E-state index contributed by atoms with van der Waals surface area (Å²) in [6.45, 7) is 16.5. The molecule has 0 aliphatic heterocycles. The third kappa shape index (κ3) is 34.4. The second-order valence-electron chi connectivity index (χ2n) is 3.47. The molecule has 0 saturated carbocycles. The zero-order chi connectivity index (χ0) is 11.5. The van der Waals surface area contributed by atoms with E-state index in [1.165, 1.54) is 6.92 Å². The molecule has 0 aromatic heterocycles. The number of carbonyl (C=O) groups is 1. The lowest BCUT2D eigenvalue weighted by Crippen LogP contribution is -2.30. The summed E-state index contributed by atoms with van der Waals surface area (Å²) >= 11 is 0. The van der Waals surface area contributed by atoms with E-state index >= 15 is 0 Å². The Balaban J connectivity index is -0.000000218. The molecule has 0 spiro atoms. The molecule has 0 atom stereocenters. The monoisotopic (exact) mass is 189 g/mol. The molecule has 2 heteroatoms. The summed E-state index contributed by atoms with van der Waals surface area (Å²) < 4.78 is 0. The highest BCUT2D eigenvalue weighted by Crippen LogP contribution is 2.09. The van der Waals surface area contributed by atoms with Gasteiger partial charge < -0.3 is 5.32 Å². The van der Waals surface area contributed by atoms with Crippen LogP contribution in [0.3, 0.4) is 0 Å². The highest BCUT2D eigenvalue weighted by atomic mass is 16.1. The number of rotatable bonds is 1. The Morgan fingerprint density at radius 3 is 1.46 bits per heavy atom. The number of carbonyl (C=O) groups excluding carboxylic acids is 1. The number of nitrogens with one attached hydrogen (secondary N) is 1. The van der Waals surface area contributed by atoms with Crippen LogP contribution in [0.1, 0.15) is 55.4 Å². The fraction of sp³-hybridized carbons (Fsp3) is 0.909. The lowest BCUT2D eigenvalue weighted by Gasteiger charge is -2.17. The van der Waals surface area contributed by atoms with Crippen molar-refractivity contribution in [1.82, 2.24) is 5.32 Å². The van der Waals surface area contributed by atoms with Gasteiger partial charge in [-0.05, 0) is 5.41 Å². The molecule has 0 rings (SSSR count). The minimum absolute atomic E-state index is 0.0462. The summed E-state index contributed by atoms with van der Waals surface area (Å²) in [6.07, 6.45) is 0. The molecule has 0 unspecified atom stereocenters. The Morgan fingerprint density at radius 1 is 1.08 bits per heavy atom. The molecule has 0 aliphatic carbocycles. The van der Waals surface area contributed by atoms with Crippen LogP contribution >= 0.6 is 0 Å². The molecule has 0 bridgehead atoms. The number of hydrogen-bond donors (Lipinski definition) is 1. The van der Waals surface area contributed by atoms with Gasteiger partial charge in [0.1, 0.15) is 0 Å². The van der Waals surface area contributed by atoms with Gasteiger partial charge in [-0.15, -0.1) is 0 Å². The van der Waals surface area contributed by atoms with E-state index in [4.69, 9.17) is 0 Å². The normalized spacial score (nSPS) is 8.62. The average molecular weight is 189 g/mol. The van der Waals surface area contributed by atoms with Crippen LogP contribution in [0.15, 0.2) is 0 Å². The van der Waals surface area contributed by atoms with Gasteiger partial charge in [0.15, 0.2) is 0 Å². The molecule has 1 amide bonds. The fourth-order valence-corrected chi connectivity index (χ4v) is 0.390. The van der Waals surface area contributed by atoms with Crippen LogP contribution in [0.2, 0.25) is 0 Å². The fourth-order valence-electron chi connectivity index (χ4n) is 0.390. The van der Waals surface area contributed by atoms with Crippen molar-refractivity contribution in [3.05, 3.63) is 0 Å². The molecular weight excluding hydrogens is 162 g/mol. The summed E-state index contributed by atoms with van der Waals surface area (Å²) in [5.41, 5.74) is 0.200. The van der Waals surface area contributed by atoms with Crippen LogP contribution in [0.25, 0.3) is 0 Å². The van der Waals surface area contributed by atoms with Gasteiger partial charge in [-0.25, -0.2) is 0 Å². The van der Waals surface area contributed by atoms with Gasteiger partial charge in [-0.2, -0.15) is 0 Å². The van der Waals surface area contributed by atoms with Crippen LogP contribution in [0.4, 0.5) is 0 Å². The first-order valence-corrected chi connectivity index (χ1v) is 5.16. The van der Waals surface area contributed by atoms with Crippen molar-refractivity contribution in [2.75, 3.05) is 6.54 Å². The first-order valence-electron chi connectivity index (χ1n) is 5.16. The molecule has 0 aliphatic rings. The van der Waals surface area contributed by atoms with E-state index in [9.17, 15) is 4.79 Å². The Kier molecular flexibility index (Phi) is 16.1. The van der Waals surface area contributed by atoms with Crippen LogP contribution < -0.4 is 5.32 Å². The van der Waals surface area contributed by atoms with Gasteiger partial charge >= 0.3 is 0 Å². The summed E-state index contributed by atoms with van der Waals surface area (Å²) in [5, 5.41) is 2.75. The maximum atomic E-state index is 10.4. The zero-order valence-electron chi connectivity index (χ0n) is 10.6. The van der Waals surface area contributed by atoms with Gasteiger partial charge in [-0.1, -0.05) is 48.5 Å². The van der Waals surface area contributed by atoms with Crippen LogP contribution in [-0.4, -0.2) is 12.5 Å². The minimum Gasteiger partial charge on any atom is -0.356 e. The standard InChI is InChI=1S/C7H15NO.2C2H6/c1-6(9)8-5-7(2,3)4;2*1-2/h5H2,1-4H3,(H,8,9);2*1-2H3. The summed E-state index contributed by atoms with van der Waals surface area (Å²) in [6, 6.07) is 0. The van der Waals surface area contributed by atoms with Crippen molar-refractivity contribution in [1.29, 1.82) is 0 Å². The molecule has 0 saturated heterocycles. The molecular formula is C11H27NO. The first kappa shape index (κ1) is 18.3. The lowest BCUT2D eigenvalue weighted by atomic mass is 9.97. The largest absolute Gasteiger partial charge is 0.356 e. The van der Waals surface area contributed by atoms with E-state index in [1.807, 2.05) is 27.7 Å². The molecule has 0 radical (unpaired) electrons. The van der Waals surface area contributed by atoms with Crippen molar-refractivity contribution in [3.63, 3.8) is 0 Å². The molecule has 2 nitrogen and oxygen atoms in total. The molecule has 82 valence electrons. The van der Waals surface area contributed by atoms with Crippen molar-refractivity contribution >= 4 is 5.91 Å². The Morgan fingerprint density at radius 2 is 1.38 bits per heavy atom. The molecule has 0 aromatic rings. The van der Waals surface area contributed by atoms with Crippen molar-refractivity contribution in [2.24, 2.45) is 5.41 Å². The number of amides is 1. The van der Waals surface area contributed by atoms with Crippen molar-refractivity contribution < 1.29 is 4.79 Å². The Labute approximate surface area is 84.1 Å². The van der Waals surface area contributed by atoms with E-state index in [2.05, 4.69) is 26.1 Å². The smallest absolute Gasteiger partial charge is 0.216 e. The number of hydrogen-bond acceptors (Lipinski definition) is 1. The van der Waals surface area contributed by atoms with Crippen LogP contribution in [0, 0.1) is 5.41 Å². The summed E-state index contributed by atoms with van der Waals surface area (Å²) in [7, 11) is 0. The predicted octanol–water partition coefficient (Wildman–Crippen LogP) is 3.22. The molecule has 1 N–H and O–H groups in total. The molecule has 13 heavy (non-hydrogen) atoms. The minimum atomic E-state index is 0.0462. The zero-order valence-corrected chi connectivity index (χ0v) is 10.6. The summed E-state index contributed by atoms with van der Waals surface area (Å²) in [5.74, 6) is 0.0462. The maximum Gasteiger partial charge on any atom is 0.216 e. The first-order chi connectivity index (χ1) is 5.92.